The Labute approximate surface area is 209 Å². The van der Waals surface area contributed by atoms with Gasteiger partial charge in [-0.2, -0.15) is 0 Å². The van der Waals surface area contributed by atoms with Crippen molar-refractivity contribution in [1.29, 1.82) is 0 Å². The molecule has 1 unspecified atom stereocenters. The Hall–Kier alpha value is -3.75. The summed E-state index contributed by atoms with van der Waals surface area (Å²) in [6.45, 7) is 3.80. The summed E-state index contributed by atoms with van der Waals surface area (Å²) in [4.78, 5) is 31.8. The van der Waals surface area contributed by atoms with E-state index in [1.165, 1.54) is 11.2 Å². The van der Waals surface area contributed by atoms with Crippen molar-refractivity contribution < 1.29 is 28.2 Å². The van der Waals surface area contributed by atoms with Crippen molar-refractivity contribution >= 4 is 22.8 Å². The third-order valence-electron chi connectivity index (χ3n) is 6.86. The van der Waals surface area contributed by atoms with Crippen LogP contribution in [-0.4, -0.2) is 66.7 Å². The smallest absolute Gasteiger partial charge is 0.410 e. The van der Waals surface area contributed by atoms with Crippen LogP contribution in [0.4, 0.5) is 4.79 Å². The maximum absolute atomic E-state index is 12.6. The second-order valence-electron chi connectivity index (χ2n) is 9.62. The van der Waals surface area contributed by atoms with Crippen LogP contribution in [0, 0.1) is 11.8 Å². The fraction of sp³-hybridized carbons (Fsp3) is 0.444. The maximum Gasteiger partial charge on any atom is 0.410 e. The van der Waals surface area contributed by atoms with Gasteiger partial charge in [0.25, 0.3) is 5.91 Å². The quantitative estimate of drug-likeness (QED) is 0.483. The summed E-state index contributed by atoms with van der Waals surface area (Å²) in [5.74, 6) is 2.42. The zero-order valence-corrected chi connectivity index (χ0v) is 20.8. The average Bonchev–Trinajstić information content (AvgIpc) is 3.57. The number of amides is 2. The van der Waals surface area contributed by atoms with Crippen LogP contribution in [-0.2, 0) is 11.3 Å². The largest absolute Gasteiger partial charge is 0.494 e. The first-order valence-corrected chi connectivity index (χ1v) is 12.3. The van der Waals surface area contributed by atoms with Crippen molar-refractivity contribution in [3.05, 3.63) is 54.2 Å². The highest BCUT2D eigenvalue weighted by Gasteiger charge is 2.43. The van der Waals surface area contributed by atoms with E-state index in [4.69, 9.17) is 18.6 Å². The van der Waals surface area contributed by atoms with Gasteiger partial charge in [-0.15, -0.1) is 0 Å². The molecular weight excluding hydrogens is 462 g/mol. The summed E-state index contributed by atoms with van der Waals surface area (Å²) in [7, 11) is 3.27. The molecule has 1 saturated carbocycles. The Bertz CT molecular complexity index is 1240. The molecule has 36 heavy (non-hydrogen) atoms. The Morgan fingerprint density at radius 2 is 1.75 bits per heavy atom. The molecule has 0 spiro atoms. The zero-order chi connectivity index (χ0) is 25.2. The molecule has 0 bridgehead atoms. The number of hydrogen-bond donors (Lipinski definition) is 0. The third kappa shape index (κ3) is 5.10. The zero-order valence-electron chi connectivity index (χ0n) is 20.8. The fourth-order valence-corrected chi connectivity index (χ4v) is 5.13. The van der Waals surface area contributed by atoms with Gasteiger partial charge in [0, 0.05) is 27.2 Å². The molecule has 2 heterocycles. The molecule has 3 atom stereocenters. The van der Waals surface area contributed by atoms with Crippen LogP contribution in [0.5, 0.6) is 11.5 Å². The molecule has 9 heteroatoms. The van der Waals surface area contributed by atoms with Crippen LogP contribution >= 0.6 is 0 Å². The third-order valence-corrected chi connectivity index (χ3v) is 6.86. The second kappa shape index (κ2) is 10.1. The molecule has 3 aromatic rings. The van der Waals surface area contributed by atoms with Crippen LogP contribution in [0.25, 0.3) is 10.8 Å². The van der Waals surface area contributed by atoms with Gasteiger partial charge in [-0.1, -0.05) is 12.1 Å². The molecule has 190 valence electrons. The number of ether oxygens (including phenoxy) is 3. The summed E-state index contributed by atoms with van der Waals surface area (Å²) in [5.41, 5.74) is 0.189. The van der Waals surface area contributed by atoms with Crippen molar-refractivity contribution in [2.24, 2.45) is 11.8 Å². The number of rotatable bonds is 7. The first-order chi connectivity index (χ1) is 17.4. The Morgan fingerprint density at radius 1 is 1.06 bits per heavy atom. The molecule has 0 radical (unpaired) electrons. The van der Waals surface area contributed by atoms with Gasteiger partial charge < -0.3 is 28.4 Å². The lowest BCUT2D eigenvalue weighted by molar-refractivity contribution is 0.0821. The molecule has 2 amide bonds. The molecule has 2 aliphatic rings. The fourth-order valence-electron chi connectivity index (χ4n) is 5.13. The minimum absolute atomic E-state index is 0.107. The molecule has 1 aliphatic carbocycles. The highest BCUT2D eigenvalue weighted by Crippen LogP contribution is 2.40. The van der Waals surface area contributed by atoms with Gasteiger partial charge in [-0.3, -0.25) is 4.79 Å². The van der Waals surface area contributed by atoms with E-state index >= 15 is 0 Å². The Morgan fingerprint density at radius 3 is 2.44 bits per heavy atom. The molecule has 5 rings (SSSR count). The first-order valence-electron chi connectivity index (χ1n) is 12.3. The number of benzene rings is 2. The number of likely N-dealkylation sites (tertiary alicyclic amines) is 1. The van der Waals surface area contributed by atoms with Gasteiger partial charge in [0.1, 0.15) is 17.8 Å². The molecule has 2 fully saturated rings. The summed E-state index contributed by atoms with van der Waals surface area (Å²) in [5, 5.41) is 2.24. The van der Waals surface area contributed by atoms with E-state index in [1.54, 1.807) is 19.0 Å². The SMILES string of the molecule is CCOc1ccc2ccc(OC3C[C@@H]4CN(C(=O)OCc5nc(C(=O)N(C)C)co5)C[C@@H]4C3)cc2c1. The van der Waals surface area contributed by atoms with Gasteiger partial charge in [-0.25, -0.2) is 9.78 Å². The van der Waals surface area contributed by atoms with Crippen LogP contribution < -0.4 is 9.47 Å². The molecular formula is C27H31N3O6. The van der Waals surface area contributed by atoms with Crippen molar-refractivity contribution in [1.82, 2.24) is 14.8 Å². The highest BCUT2D eigenvalue weighted by molar-refractivity contribution is 5.91. The molecule has 9 nitrogen and oxygen atoms in total. The number of aromatic nitrogens is 1. The number of oxazole rings is 1. The molecule has 1 saturated heterocycles. The van der Waals surface area contributed by atoms with Crippen molar-refractivity contribution in [2.45, 2.75) is 32.5 Å². The normalized spacial score (nSPS) is 20.9. The lowest BCUT2D eigenvalue weighted by Crippen LogP contribution is -2.31. The number of fused-ring (bicyclic) bond motifs is 2. The van der Waals surface area contributed by atoms with E-state index in [2.05, 4.69) is 23.2 Å². The van der Waals surface area contributed by atoms with E-state index in [0.29, 0.717) is 31.5 Å². The van der Waals surface area contributed by atoms with Crippen LogP contribution in [0.15, 0.2) is 47.1 Å². The van der Waals surface area contributed by atoms with E-state index in [-0.39, 0.29) is 36.3 Å². The predicted molar refractivity (Wildman–Crippen MR) is 132 cm³/mol. The van der Waals surface area contributed by atoms with Crippen molar-refractivity contribution in [3.63, 3.8) is 0 Å². The van der Waals surface area contributed by atoms with Crippen LogP contribution in [0.3, 0.4) is 0 Å². The van der Waals surface area contributed by atoms with Gasteiger partial charge >= 0.3 is 6.09 Å². The number of carbonyl (C=O) groups is 2. The molecule has 2 aromatic carbocycles. The van der Waals surface area contributed by atoms with Gasteiger partial charge in [0.2, 0.25) is 5.89 Å². The first kappa shape index (κ1) is 24.0. The molecule has 1 aromatic heterocycles. The number of carbonyl (C=O) groups excluding carboxylic acids is 2. The van der Waals surface area contributed by atoms with E-state index in [1.807, 2.05) is 25.1 Å². The van der Waals surface area contributed by atoms with Crippen molar-refractivity contribution in [2.75, 3.05) is 33.8 Å². The predicted octanol–water partition coefficient (Wildman–Crippen LogP) is 4.35. The van der Waals surface area contributed by atoms with Crippen LogP contribution in [0.2, 0.25) is 0 Å². The monoisotopic (exact) mass is 493 g/mol. The minimum atomic E-state index is -0.389. The standard InChI is InChI=1S/C27H31N3O6/c1-4-33-21-7-5-17-6-8-22(10-18(17)9-21)36-23-11-19-13-30(14-20(19)12-23)27(32)35-16-25-28-24(15-34-25)26(31)29(2)3/h5-10,15,19-20,23H,4,11-14,16H2,1-3H3/t19-,20+,23?. The lowest BCUT2D eigenvalue weighted by atomic mass is 10.0. The van der Waals surface area contributed by atoms with Crippen LogP contribution in [0.1, 0.15) is 36.1 Å². The molecule has 0 N–H and O–H groups in total. The second-order valence-corrected chi connectivity index (χ2v) is 9.62. The van der Waals surface area contributed by atoms with E-state index < -0.39 is 0 Å². The van der Waals surface area contributed by atoms with Gasteiger partial charge in [0.05, 0.1) is 12.7 Å². The molecule has 1 aliphatic heterocycles. The lowest BCUT2D eigenvalue weighted by Gasteiger charge is -2.19. The Kier molecular flexibility index (Phi) is 6.71. The Balaban J connectivity index is 1.11. The topological polar surface area (TPSA) is 94.3 Å². The van der Waals surface area contributed by atoms with Crippen molar-refractivity contribution in [3.8, 4) is 11.5 Å². The minimum Gasteiger partial charge on any atom is -0.494 e. The summed E-state index contributed by atoms with van der Waals surface area (Å²) < 4.78 is 22.6. The number of nitrogens with zero attached hydrogens (tertiary/aromatic N) is 3. The summed E-state index contributed by atoms with van der Waals surface area (Å²) in [6.07, 6.45) is 2.83. The summed E-state index contributed by atoms with van der Waals surface area (Å²) >= 11 is 0. The van der Waals surface area contributed by atoms with Gasteiger partial charge in [-0.05, 0) is 66.6 Å². The summed E-state index contributed by atoms with van der Waals surface area (Å²) in [6, 6.07) is 12.2. The van der Waals surface area contributed by atoms with E-state index in [9.17, 15) is 9.59 Å². The average molecular weight is 494 g/mol. The highest BCUT2D eigenvalue weighted by atomic mass is 16.6. The maximum atomic E-state index is 12.6. The van der Waals surface area contributed by atoms with Gasteiger partial charge in [0.15, 0.2) is 12.3 Å². The van der Waals surface area contributed by atoms with E-state index in [0.717, 1.165) is 35.1 Å². The number of hydrogen-bond acceptors (Lipinski definition) is 7.